The summed E-state index contributed by atoms with van der Waals surface area (Å²) in [6, 6.07) is 3.55. The Morgan fingerprint density at radius 3 is 2.67 bits per heavy atom. The van der Waals surface area contributed by atoms with Gasteiger partial charge in [0.25, 0.3) is 0 Å². The molecule has 0 atom stereocenters. The third-order valence-corrected chi connectivity index (χ3v) is 3.34. The van der Waals surface area contributed by atoms with E-state index >= 15 is 0 Å². The van der Waals surface area contributed by atoms with Crippen molar-refractivity contribution in [3.8, 4) is 5.82 Å². The van der Waals surface area contributed by atoms with Gasteiger partial charge in [0.05, 0.1) is 15.9 Å². The molecule has 15 heavy (non-hydrogen) atoms. The molecule has 0 saturated heterocycles. The Kier molecular flexibility index (Phi) is 2.48. The molecule has 0 bridgehead atoms. The predicted molar refractivity (Wildman–Crippen MR) is 62.9 cm³/mol. The number of pyridine rings is 1. The summed E-state index contributed by atoms with van der Waals surface area (Å²) in [5.74, 6) is 0.737. The maximum atomic E-state index is 5.70. The number of anilines is 1. The molecule has 0 saturated carbocycles. The summed E-state index contributed by atoms with van der Waals surface area (Å²) in [5, 5.41) is 4.37. The van der Waals surface area contributed by atoms with Crippen LogP contribution in [0.4, 0.5) is 5.69 Å². The van der Waals surface area contributed by atoms with Crippen LogP contribution in [0.3, 0.4) is 0 Å². The first-order valence-corrected chi connectivity index (χ1v) is 5.32. The molecule has 78 valence electrons. The summed E-state index contributed by atoms with van der Waals surface area (Å²) < 4.78 is 2.78. The number of nitrogens with two attached hydrogens (primary N) is 1. The van der Waals surface area contributed by atoms with Crippen molar-refractivity contribution in [2.75, 3.05) is 5.73 Å². The third kappa shape index (κ3) is 1.74. The molecule has 0 radical (unpaired) electrons. The topological polar surface area (TPSA) is 56.7 Å². The molecule has 0 aliphatic heterocycles. The summed E-state index contributed by atoms with van der Waals surface area (Å²) in [5.41, 5.74) is 8.34. The molecule has 2 heterocycles. The highest BCUT2D eigenvalue weighted by molar-refractivity contribution is 9.10. The molecule has 0 unspecified atom stereocenters. The Morgan fingerprint density at radius 1 is 1.40 bits per heavy atom. The van der Waals surface area contributed by atoms with Crippen molar-refractivity contribution in [3.63, 3.8) is 0 Å². The number of aryl methyl sites for hydroxylation is 1. The number of aromatic nitrogens is 3. The highest BCUT2D eigenvalue weighted by Crippen LogP contribution is 2.22. The fourth-order valence-corrected chi connectivity index (χ4v) is 1.64. The van der Waals surface area contributed by atoms with Gasteiger partial charge in [-0.15, -0.1) is 0 Å². The molecule has 0 aromatic carbocycles. The van der Waals surface area contributed by atoms with Crippen LogP contribution >= 0.6 is 15.9 Å². The molecule has 2 rings (SSSR count). The minimum atomic E-state index is 0.684. The van der Waals surface area contributed by atoms with Crippen LogP contribution in [0.5, 0.6) is 0 Å². The molecule has 0 amide bonds. The number of rotatable bonds is 1. The number of hydrogen-bond donors (Lipinski definition) is 1. The summed E-state index contributed by atoms with van der Waals surface area (Å²) in [6.45, 7) is 3.93. The number of nitrogens with zero attached hydrogens (tertiary/aromatic N) is 3. The second kappa shape index (κ2) is 3.66. The standard InChI is InChI=1S/C10H11BrN4/c1-6-10(11)7(2)15(14-6)9-5-8(12)3-4-13-9/h3-5H,1-2H3,(H2,12,13). The van der Waals surface area contributed by atoms with Crippen LogP contribution in [0.2, 0.25) is 0 Å². The van der Waals surface area contributed by atoms with E-state index in [1.807, 2.05) is 13.8 Å². The molecule has 0 spiro atoms. The number of halogens is 1. The number of nitrogen functional groups attached to an aromatic ring is 1. The quantitative estimate of drug-likeness (QED) is 0.861. The van der Waals surface area contributed by atoms with E-state index < -0.39 is 0 Å². The highest BCUT2D eigenvalue weighted by atomic mass is 79.9. The number of hydrogen-bond acceptors (Lipinski definition) is 3. The van der Waals surface area contributed by atoms with Crippen molar-refractivity contribution < 1.29 is 0 Å². The first-order chi connectivity index (χ1) is 7.09. The molecule has 2 aromatic heterocycles. The van der Waals surface area contributed by atoms with Crippen molar-refractivity contribution in [2.45, 2.75) is 13.8 Å². The van der Waals surface area contributed by atoms with E-state index in [0.717, 1.165) is 21.7 Å². The van der Waals surface area contributed by atoms with Gasteiger partial charge in [0.2, 0.25) is 0 Å². The maximum absolute atomic E-state index is 5.70. The minimum absolute atomic E-state index is 0.684. The normalized spacial score (nSPS) is 10.6. The van der Waals surface area contributed by atoms with Gasteiger partial charge < -0.3 is 5.73 Å². The van der Waals surface area contributed by atoms with Gasteiger partial charge in [-0.3, -0.25) is 0 Å². The molecule has 0 aliphatic rings. The van der Waals surface area contributed by atoms with E-state index in [9.17, 15) is 0 Å². The molecule has 4 nitrogen and oxygen atoms in total. The van der Waals surface area contributed by atoms with E-state index in [1.165, 1.54) is 0 Å². The zero-order valence-electron chi connectivity index (χ0n) is 8.53. The van der Waals surface area contributed by atoms with Crippen molar-refractivity contribution in [1.29, 1.82) is 0 Å². The summed E-state index contributed by atoms with van der Waals surface area (Å²) in [6.07, 6.45) is 1.68. The Morgan fingerprint density at radius 2 is 2.13 bits per heavy atom. The zero-order chi connectivity index (χ0) is 11.0. The van der Waals surface area contributed by atoms with Crippen molar-refractivity contribution in [1.82, 2.24) is 14.8 Å². The van der Waals surface area contributed by atoms with E-state index in [1.54, 1.807) is 23.0 Å². The van der Waals surface area contributed by atoms with Gasteiger partial charge in [-0.05, 0) is 35.8 Å². The Balaban J connectivity index is 2.59. The largest absolute Gasteiger partial charge is 0.399 e. The lowest BCUT2D eigenvalue weighted by atomic mass is 10.4. The fraction of sp³-hybridized carbons (Fsp3) is 0.200. The van der Waals surface area contributed by atoms with Crippen LogP contribution in [-0.2, 0) is 0 Å². The van der Waals surface area contributed by atoms with Gasteiger partial charge in [0.1, 0.15) is 0 Å². The van der Waals surface area contributed by atoms with Crippen molar-refractivity contribution in [3.05, 3.63) is 34.2 Å². The fourth-order valence-electron chi connectivity index (χ4n) is 1.40. The van der Waals surface area contributed by atoms with Crippen molar-refractivity contribution >= 4 is 21.6 Å². The van der Waals surface area contributed by atoms with Gasteiger partial charge in [0, 0.05) is 18.0 Å². The summed E-state index contributed by atoms with van der Waals surface area (Å²) in [7, 11) is 0. The third-order valence-electron chi connectivity index (χ3n) is 2.19. The van der Waals surface area contributed by atoms with Gasteiger partial charge in [-0.1, -0.05) is 0 Å². The van der Waals surface area contributed by atoms with Crippen LogP contribution in [0.1, 0.15) is 11.4 Å². The first kappa shape index (κ1) is 10.2. The molecule has 5 heteroatoms. The Bertz CT molecular complexity index is 504. The van der Waals surface area contributed by atoms with E-state index in [4.69, 9.17) is 5.73 Å². The molecular weight excluding hydrogens is 256 g/mol. The van der Waals surface area contributed by atoms with Crippen LogP contribution in [0, 0.1) is 13.8 Å². The highest BCUT2D eigenvalue weighted by Gasteiger charge is 2.10. The summed E-state index contributed by atoms with van der Waals surface area (Å²) in [4.78, 5) is 4.22. The van der Waals surface area contributed by atoms with Gasteiger partial charge in [-0.2, -0.15) is 5.10 Å². The Labute approximate surface area is 96.3 Å². The second-order valence-corrected chi connectivity index (χ2v) is 4.14. The Hall–Kier alpha value is -1.36. The predicted octanol–water partition coefficient (Wildman–Crippen LogP) is 2.23. The second-order valence-electron chi connectivity index (χ2n) is 3.34. The van der Waals surface area contributed by atoms with Crippen molar-refractivity contribution in [2.24, 2.45) is 0 Å². The van der Waals surface area contributed by atoms with Crippen LogP contribution in [0.25, 0.3) is 5.82 Å². The first-order valence-electron chi connectivity index (χ1n) is 4.53. The summed E-state index contributed by atoms with van der Waals surface area (Å²) >= 11 is 3.47. The lowest BCUT2D eigenvalue weighted by molar-refractivity contribution is 0.806. The molecule has 0 aliphatic carbocycles. The molecular formula is C10H11BrN4. The SMILES string of the molecule is Cc1nn(-c2cc(N)ccn2)c(C)c1Br. The molecule has 2 aromatic rings. The monoisotopic (exact) mass is 266 g/mol. The lowest BCUT2D eigenvalue weighted by Gasteiger charge is -2.03. The minimum Gasteiger partial charge on any atom is -0.399 e. The lowest BCUT2D eigenvalue weighted by Crippen LogP contribution is -2.02. The van der Waals surface area contributed by atoms with E-state index in [2.05, 4.69) is 26.0 Å². The maximum Gasteiger partial charge on any atom is 0.155 e. The van der Waals surface area contributed by atoms with Gasteiger partial charge >= 0.3 is 0 Å². The zero-order valence-corrected chi connectivity index (χ0v) is 10.1. The van der Waals surface area contributed by atoms with Gasteiger partial charge in [0.15, 0.2) is 5.82 Å². The van der Waals surface area contributed by atoms with Crippen LogP contribution in [-0.4, -0.2) is 14.8 Å². The molecule has 0 fully saturated rings. The van der Waals surface area contributed by atoms with E-state index in [-0.39, 0.29) is 0 Å². The van der Waals surface area contributed by atoms with E-state index in [0.29, 0.717) is 5.69 Å². The molecule has 2 N–H and O–H groups in total. The average Bonchev–Trinajstić information content (AvgIpc) is 2.46. The smallest absolute Gasteiger partial charge is 0.155 e. The van der Waals surface area contributed by atoms with Crippen LogP contribution in [0.15, 0.2) is 22.8 Å². The van der Waals surface area contributed by atoms with Gasteiger partial charge in [-0.25, -0.2) is 9.67 Å². The van der Waals surface area contributed by atoms with Crippen LogP contribution < -0.4 is 5.73 Å². The average molecular weight is 267 g/mol.